The average Bonchev–Trinajstić information content (AvgIpc) is 3.21. The van der Waals surface area contributed by atoms with Crippen LogP contribution in [0.2, 0.25) is 0 Å². The quantitative estimate of drug-likeness (QED) is 0.629. The summed E-state index contributed by atoms with van der Waals surface area (Å²) >= 11 is 0. The number of halogens is 1. The minimum absolute atomic E-state index is 0.0857. The molecule has 1 aliphatic rings. The Hall–Kier alpha value is -3.22. The van der Waals surface area contributed by atoms with Gasteiger partial charge >= 0.3 is 0 Å². The van der Waals surface area contributed by atoms with E-state index in [0.717, 1.165) is 0 Å². The molecule has 1 fully saturated rings. The van der Waals surface area contributed by atoms with Gasteiger partial charge in [0.1, 0.15) is 5.82 Å². The Balaban J connectivity index is 1.65. The van der Waals surface area contributed by atoms with Crippen LogP contribution < -0.4 is 5.32 Å². The van der Waals surface area contributed by atoms with Crippen LogP contribution in [0.15, 0.2) is 47.4 Å². The standard InChI is InChI=1S/C19H19FN6O4S/c1-13-22-23-24-26(13)14-6-7-16(20)17(12-14)21-19(27)15-4-2-3-5-18(15)31(28,29)25-8-10-30-11-9-25/h2-7,12H,8-11H2,1H3,(H,21,27). The third-order valence-electron chi connectivity index (χ3n) is 4.79. The van der Waals surface area contributed by atoms with Crippen molar-refractivity contribution >= 4 is 21.6 Å². The third kappa shape index (κ3) is 4.17. The maximum Gasteiger partial charge on any atom is 0.257 e. The Morgan fingerprint density at radius 1 is 1.16 bits per heavy atom. The zero-order valence-electron chi connectivity index (χ0n) is 16.5. The zero-order chi connectivity index (χ0) is 22.0. The van der Waals surface area contributed by atoms with Crippen molar-refractivity contribution in [3.05, 3.63) is 59.7 Å². The van der Waals surface area contributed by atoms with E-state index in [1.54, 1.807) is 13.0 Å². The number of tetrazole rings is 1. The highest BCUT2D eigenvalue weighted by atomic mass is 32.2. The van der Waals surface area contributed by atoms with Crippen LogP contribution in [0.25, 0.3) is 5.69 Å². The highest BCUT2D eigenvalue weighted by molar-refractivity contribution is 7.89. The Kier molecular flexibility index (Phi) is 5.76. The van der Waals surface area contributed by atoms with Crippen molar-refractivity contribution in [2.75, 3.05) is 31.6 Å². The van der Waals surface area contributed by atoms with Gasteiger partial charge in [0.2, 0.25) is 10.0 Å². The number of aromatic nitrogens is 4. The number of morpholine rings is 1. The third-order valence-corrected chi connectivity index (χ3v) is 6.74. The number of anilines is 1. The predicted molar refractivity (Wildman–Crippen MR) is 108 cm³/mol. The molecule has 162 valence electrons. The van der Waals surface area contributed by atoms with Crippen LogP contribution in [0.3, 0.4) is 0 Å². The summed E-state index contributed by atoms with van der Waals surface area (Å²) in [5.74, 6) is -0.959. The van der Waals surface area contributed by atoms with Gasteiger partial charge in [-0.05, 0) is 47.7 Å². The summed E-state index contributed by atoms with van der Waals surface area (Å²) in [6, 6.07) is 9.83. The molecule has 1 amide bonds. The van der Waals surface area contributed by atoms with Crippen LogP contribution in [0.1, 0.15) is 16.2 Å². The van der Waals surface area contributed by atoms with Crippen LogP contribution in [0.4, 0.5) is 10.1 Å². The second-order valence-electron chi connectivity index (χ2n) is 6.77. The zero-order valence-corrected chi connectivity index (χ0v) is 17.3. The monoisotopic (exact) mass is 446 g/mol. The molecular weight excluding hydrogens is 427 g/mol. The van der Waals surface area contributed by atoms with E-state index in [4.69, 9.17) is 4.74 Å². The number of hydrogen-bond acceptors (Lipinski definition) is 7. The van der Waals surface area contributed by atoms with E-state index >= 15 is 0 Å². The fourth-order valence-corrected chi connectivity index (χ4v) is 4.80. The molecule has 12 heteroatoms. The van der Waals surface area contributed by atoms with Gasteiger partial charge in [-0.3, -0.25) is 4.79 Å². The minimum atomic E-state index is -3.92. The Labute approximate surface area is 177 Å². The van der Waals surface area contributed by atoms with E-state index in [1.165, 1.54) is 45.4 Å². The second kappa shape index (κ2) is 8.49. The van der Waals surface area contributed by atoms with Crippen molar-refractivity contribution in [1.29, 1.82) is 0 Å². The molecule has 1 aromatic heterocycles. The number of nitrogens with one attached hydrogen (secondary N) is 1. The molecule has 0 saturated carbocycles. The molecule has 0 unspecified atom stereocenters. The highest BCUT2D eigenvalue weighted by Crippen LogP contribution is 2.24. The average molecular weight is 446 g/mol. The summed E-state index contributed by atoms with van der Waals surface area (Å²) in [6.07, 6.45) is 0. The summed E-state index contributed by atoms with van der Waals surface area (Å²) in [5.41, 5.74) is 0.224. The van der Waals surface area contributed by atoms with E-state index in [2.05, 4.69) is 20.8 Å². The van der Waals surface area contributed by atoms with E-state index in [9.17, 15) is 17.6 Å². The van der Waals surface area contributed by atoms with Crippen LogP contribution in [-0.2, 0) is 14.8 Å². The SMILES string of the molecule is Cc1nnnn1-c1ccc(F)c(NC(=O)c2ccccc2S(=O)(=O)N2CCOCC2)c1. The molecule has 0 aliphatic carbocycles. The van der Waals surface area contributed by atoms with Gasteiger partial charge in [-0.2, -0.15) is 8.99 Å². The largest absolute Gasteiger partial charge is 0.379 e. The molecular formula is C19H19FN6O4S. The van der Waals surface area contributed by atoms with E-state index in [0.29, 0.717) is 11.5 Å². The van der Waals surface area contributed by atoms with Gasteiger partial charge in [0.15, 0.2) is 5.82 Å². The van der Waals surface area contributed by atoms with Crippen LogP contribution in [0.5, 0.6) is 0 Å². The molecule has 0 radical (unpaired) electrons. The molecule has 3 aromatic rings. The van der Waals surface area contributed by atoms with Crippen molar-refractivity contribution in [3.8, 4) is 5.69 Å². The smallest absolute Gasteiger partial charge is 0.257 e. The van der Waals surface area contributed by atoms with Gasteiger partial charge in [0.05, 0.1) is 35.0 Å². The first kappa shape index (κ1) is 21.0. The first-order valence-electron chi connectivity index (χ1n) is 9.41. The van der Waals surface area contributed by atoms with Crippen molar-refractivity contribution in [3.63, 3.8) is 0 Å². The van der Waals surface area contributed by atoms with Gasteiger partial charge in [0, 0.05) is 13.1 Å². The molecule has 1 N–H and O–H groups in total. The lowest BCUT2D eigenvalue weighted by atomic mass is 10.2. The Morgan fingerprint density at radius 2 is 1.90 bits per heavy atom. The van der Waals surface area contributed by atoms with Gasteiger partial charge in [-0.25, -0.2) is 12.8 Å². The number of ether oxygens (including phenoxy) is 1. The molecule has 1 saturated heterocycles. The fourth-order valence-electron chi connectivity index (χ4n) is 3.21. The molecule has 0 spiro atoms. The van der Waals surface area contributed by atoms with Crippen molar-refractivity contribution in [1.82, 2.24) is 24.5 Å². The van der Waals surface area contributed by atoms with Crippen LogP contribution >= 0.6 is 0 Å². The summed E-state index contributed by atoms with van der Waals surface area (Å²) < 4.78 is 48.4. The molecule has 0 atom stereocenters. The van der Waals surface area contributed by atoms with Crippen molar-refractivity contribution < 1.29 is 22.3 Å². The van der Waals surface area contributed by atoms with Gasteiger partial charge in [0.25, 0.3) is 5.91 Å². The number of aryl methyl sites for hydroxylation is 1. The van der Waals surface area contributed by atoms with E-state index < -0.39 is 21.7 Å². The summed E-state index contributed by atoms with van der Waals surface area (Å²) in [5, 5.41) is 13.6. The fraction of sp³-hybridized carbons (Fsp3) is 0.263. The number of rotatable bonds is 5. The summed E-state index contributed by atoms with van der Waals surface area (Å²) in [4.78, 5) is 12.8. The predicted octanol–water partition coefficient (Wildman–Crippen LogP) is 1.38. The number of carbonyl (C=O) groups excluding carboxylic acids is 1. The van der Waals surface area contributed by atoms with Gasteiger partial charge < -0.3 is 10.1 Å². The number of carbonyl (C=O) groups is 1. The van der Waals surface area contributed by atoms with Crippen LogP contribution in [0, 0.1) is 12.7 Å². The molecule has 1 aliphatic heterocycles. The number of amides is 1. The normalized spacial score (nSPS) is 15.0. The maximum atomic E-state index is 14.4. The molecule has 2 heterocycles. The summed E-state index contributed by atoms with van der Waals surface area (Å²) in [6.45, 7) is 2.62. The van der Waals surface area contributed by atoms with E-state index in [-0.39, 0.29) is 42.4 Å². The van der Waals surface area contributed by atoms with Gasteiger partial charge in [-0.15, -0.1) is 5.10 Å². The van der Waals surface area contributed by atoms with Crippen molar-refractivity contribution in [2.45, 2.75) is 11.8 Å². The Bertz CT molecular complexity index is 1220. The first-order chi connectivity index (χ1) is 14.9. The Morgan fingerprint density at radius 3 is 2.61 bits per heavy atom. The van der Waals surface area contributed by atoms with E-state index in [1.807, 2.05) is 0 Å². The number of sulfonamides is 1. The molecule has 31 heavy (non-hydrogen) atoms. The number of hydrogen-bond donors (Lipinski definition) is 1. The summed E-state index contributed by atoms with van der Waals surface area (Å²) in [7, 11) is -3.92. The topological polar surface area (TPSA) is 119 Å². The molecule has 4 rings (SSSR count). The van der Waals surface area contributed by atoms with Crippen molar-refractivity contribution in [2.24, 2.45) is 0 Å². The minimum Gasteiger partial charge on any atom is -0.379 e. The molecule has 0 bridgehead atoms. The van der Waals surface area contributed by atoms with Gasteiger partial charge in [-0.1, -0.05) is 12.1 Å². The molecule has 2 aromatic carbocycles. The lowest BCUT2D eigenvalue weighted by molar-refractivity contribution is 0.0730. The molecule has 10 nitrogen and oxygen atoms in total. The number of nitrogens with zero attached hydrogens (tertiary/aromatic N) is 5. The lowest BCUT2D eigenvalue weighted by Crippen LogP contribution is -2.41. The second-order valence-corrected chi connectivity index (χ2v) is 8.68. The first-order valence-corrected chi connectivity index (χ1v) is 10.8. The van der Waals surface area contributed by atoms with Crippen LogP contribution in [-0.4, -0.2) is 65.1 Å². The maximum absolute atomic E-state index is 14.4. The lowest BCUT2D eigenvalue weighted by Gasteiger charge is -2.26. The highest BCUT2D eigenvalue weighted by Gasteiger charge is 2.30. The number of benzene rings is 2.